The highest BCUT2D eigenvalue weighted by molar-refractivity contribution is 5.86. The molecule has 3 aromatic carbocycles. The van der Waals surface area contributed by atoms with Crippen LogP contribution in [0, 0.1) is 0 Å². The Kier molecular flexibility index (Phi) is 3.98. The fourth-order valence-corrected chi connectivity index (χ4v) is 2.76. The Bertz CT molecular complexity index is 793. The van der Waals surface area contributed by atoms with Crippen molar-refractivity contribution in [3.05, 3.63) is 71.8 Å². The van der Waals surface area contributed by atoms with Crippen molar-refractivity contribution in [2.45, 2.75) is 6.04 Å². The molecule has 0 aliphatic heterocycles. The van der Waals surface area contributed by atoms with Gasteiger partial charge in [-0.2, -0.15) is 0 Å². The normalized spacial score (nSPS) is 12.1. The SMILES string of the molecule is COc1ccc(C(N)c2cccc3ccccc23)c(OC)c1. The summed E-state index contributed by atoms with van der Waals surface area (Å²) >= 11 is 0. The van der Waals surface area contributed by atoms with Gasteiger partial charge in [0.2, 0.25) is 0 Å². The van der Waals surface area contributed by atoms with Crippen LogP contribution in [0.2, 0.25) is 0 Å². The molecule has 0 fully saturated rings. The molecule has 0 aromatic heterocycles. The van der Waals surface area contributed by atoms with Crippen molar-refractivity contribution in [1.82, 2.24) is 0 Å². The molecule has 22 heavy (non-hydrogen) atoms. The van der Waals surface area contributed by atoms with E-state index in [0.717, 1.165) is 28.0 Å². The van der Waals surface area contributed by atoms with Crippen molar-refractivity contribution in [1.29, 1.82) is 0 Å². The molecule has 3 nitrogen and oxygen atoms in total. The number of hydrogen-bond acceptors (Lipinski definition) is 3. The van der Waals surface area contributed by atoms with Crippen LogP contribution < -0.4 is 15.2 Å². The molecule has 0 bridgehead atoms. The molecule has 0 aliphatic carbocycles. The Labute approximate surface area is 130 Å². The molecule has 0 heterocycles. The molecule has 3 aromatic rings. The highest BCUT2D eigenvalue weighted by Crippen LogP contribution is 2.34. The lowest BCUT2D eigenvalue weighted by Gasteiger charge is -2.18. The maximum Gasteiger partial charge on any atom is 0.127 e. The van der Waals surface area contributed by atoms with Crippen LogP contribution in [-0.2, 0) is 0 Å². The van der Waals surface area contributed by atoms with Gasteiger partial charge in [0.25, 0.3) is 0 Å². The van der Waals surface area contributed by atoms with Crippen molar-refractivity contribution in [2.24, 2.45) is 5.73 Å². The van der Waals surface area contributed by atoms with Crippen molar-refractivity contribution in [3.8, 4) is 11.5 Å². The maximum absolute atomic E-state index is 6.53. The van der Waals surface area contributed by atoms with E-state index in [9.17, 15) is 0 Å². The zero-order valence-electron chi connectivity index (χ0n) is 12.7. The van der Waals surface area contributed by atoms with E-state index in [1.165, 1.54) is 5.39 Å². The predicted octanol–water partition coefficient (Wildman–Crippen LogP) is 3.91. The highest BCUT2D eigenvalue weighted by Gasteiger charge is 2.16. The number of hydrogen-bond donors (Lipinski definition) is 1. The van der Waals surface area contributed by atoms with E-state index in [2.05, 4.69) is 24.3 Å². The number of rotatable bonds is 4. The largest absolute Gasteiger partial charge is 0.497 e. The van der Waals surface area contributed by atoms with Gasteiger partial charge < -0.3 is 15.2 Å². The number of nitrogens with two attached hydrogens (primary N) is 1. The molecule has 0 saturated heterocycles. The number of benzene rings is 3. The van der Waals surface area contributed by atoms with Crippen LogP contribution in [-0.4, -0.2) is 14.2 Å². The van der Waals surface area contributed by atoms with Gasteiger partial charge in [-0.3, -0.25) is 0 Å². The lowest BCUT2D eigenvalue weighted by atomic mass is 9.94. The predicted molar refractivity (Wildman–Crippen MR) is 89.5 cm³/mol. The second-order valence-corrected chi connectivity index (χ2v) is 5.15. The summed E-state index contributed by atoms with van der Waals surface area (Å²) in [7, 11) is 3.28. The summed E-state index contributed by atoms with van der Waals surface area (Å²) in [5.74, 6) is 1.49. The molecule has 1 atom stereocenters. The van der Waals surface area contributed by atoms with E-state index >= 15 is 0 Å². The molecule has 0 radical (unpaired) electrons. The zero-order valence-corrected chi connectivity index (χ0v) is 12.7. The third-order valence-electron chi connectivity index (χ3n) is 3.93. The van der Waals surface area contributed by atoms with Gasteiger partial charge in [-0.1, -0.05) is 42.5 Å². The zero-order chi connectivity index (χ0) is 15.5. The lowest BCUT2D eigenvalue weighted by Crippen LogP contribution is -2.13. The van der Waals surface area contributed by atoms with Crippen LogP contribution in [0.1, 0.15) is 17.2 Å². The first-order valence-corrected chi connectivity index (χ1v) is 7.19. The Morgan fingerprint density at radius 2 is 1.59 bits per heavy atom. The van der Waals surface area contributed by atoms with Gasteiger partial charge in [0.05, 0.1) is 20.3 Å². The average molecular weight is 293 g/mol. The second-order valence-electron chi connectivity index (χ2n) is 5.15. The summed E-state index contributed by atoms with van der Waals surface area (Å²) in [4.78, 5) is 0. The van der Waals surface area contributed by atoms with E-state index < -0.39 is 0 Å². The molecular weight excluding hydrogens is 274 g/mol. The number of methoxy groups -OCH3 is 2. The molecular formula is C19H19NO2. The first kappa shape index (κ1) is 14.4. The van der Waals surface area contributed by atoms with Crippen LogP contribution in [0.3, 0.4) is 0 Å². The summed E-state index contributed by atoms with van der Waals surface area (Å²) in [6.45, 7) is 0. The number of ether oxygens (including phenoxy) is 2. The fourth-order valence-electron chi connectivity index (χ4n) is 2.76. The van der Waals surface area contributed by atoms with Gasteiger partial charge in [-0.25, -0.2) is 0 Å². The Hall–Kier alpha value is -2.52. The third-order valence-corrected chi connectivity index (χ3v) is 3.93. The van der Waals surface area contributed by atoms with Crippen molar-refractivity contribution >= 4 is 10.8 Å². The smallest absolute Gasteiger partial charge is 0.127 e. The van der Waals surface area contributed by atoms with Crippen LogP contribution in [0.15, 0.2) is 60.7 Å². The maximum atomic E-state index is 6.53. The number of fused-ring (bicyclic) bond motifs is 1. The Morgan fingerprint density at radius 3 is 2.36 bits per heavy atom. The summed E-state index contributed by atoms with van der Waals surface area (Å²) in [6, 6.07) is 19.9. The average Bonchev–Trinajstić information content (AvgIpc) is 2.60. The van der Waals surface area contributed by atoms with Gasteiger partial charge in [-0.15, -0.1) is 0 Å². The van der Waals surface area contributed by atoms with E-state index in [4.69, 9.17) is 15.2 Å². The van der Waals surface area contributed by atoms with Gasteiger partial charge in [0, 0.05) is 11.6 Å². The van der Waals surface area contributed by atoms with Crippen LogP contribution in [0.5, 0.6) is 11.5 Å². The lowest BCUT2D eigenvalue weighted by molar-refractivity contribution is 0.390. The van der Waals surface area contributed by atoms with Gasteiger partial charge in [-0.05, 0) is 28.5 Å². The Morgan fingerprint density at radius 1 is 0.818 bits per heavy atom. The quantitative estimate of drug-likeness (QED) is 0.793. The molecule has 2 N–H and O–H groups in total. The summed E-state index contributed by atoms with van der Waals surface area (Å²) < 4.78 is 10.7. The molecule has 0 amide bonds. The molecule has 112 valence electrons. The molecule has 0 spiro atoms. The molecule has 1 unspecified atom stereocenters. The van der Waals surface area contributed by atoms with Gasteiger partial charge >= 0.3 is 0 Å². The fraction of sp³-hybridized carbons (Fsp3) is 0.158. The van der Waals surface area contributed by atoms with Crippen molar-refractivity contribution < 1.29 is 9.47 Å². The van der Waals surface area contributed by atoms with E-state index in [0.29, 0.717) is 0 Å². The second kappa shape index (κ2) is 6.08. The summed E-state index contributed by atoms with van der Waals surface area (Å²) in [5, 5.41) is 2.35. The van der Waals surface area contributed by atoms with Gasteiger partial charge in [0.15, 0.2) is 0 Å². The molecule has 3 rings (SSSR count). The third kappa shape index (κ3) is 2.51. The Balaban J connectivity index is 2.12. The topological polar surface area (TPSA) is 44.5 Å². The van der Waals surface area contributed by atoms with E-state index in [1.807, 2.05) is 36.4 Å². The van der Waals surface area contributed by atoms with Crippen LogP contribution >= 0.6 is 0 Å². The first-order valence-electron chi connectivity index (χ1n) is 7.19. The molecule has 0 saturated carbocycles. The minimum atomic E-state index is -0.257. The standard InChI is InChI=1S/C19H19NO2/c1-21-14-10-11-17(18(12-14)22-2)19(20)16-9-5-7-13-6-3-4-8-15(13)16/h3-12,19H,20H2,1-2H3. The highest BCUT2D eigenvalue weighted by atomic mass is 16.5. The molecule has 3 heteroatoms. The van der Waals surface area contributed by atoms with E-state index in [1.54, 1.807) is 14.2 Å². The van der Waals surface area contributed by atoms with Crippen molar-refractivity contribution in [3.63, 3.8) is 0 Å². The minimum absolute atomic E-state index is 0.257. The monoisotopic (exact) mass is 293 g/mol. The van der Waals surface area contributed by atoms with E-state index in [-0.39, 0.29) is 6.04 Å². The van der Waals surface area contributed by atoms with Crippen molar-refractivity contribution in [2.75, 3.05) is 14.2 Å². The summed E-state index contributed by atoms with van der Waals surface area (Å²) in [6.07, 6.45) is 0. The first-order chi connectivity index (χ1) is 10.7. The summed E-state index contributed by atoms with van der Waals surface area (Å²) in [5.41, 5.74) is 8.56. The van der Waals surface area contributed by atoms with Crippen LogP contribution in [0.4, 0.5) is 0 Å². The minimum Gasteiger partial charge on any atom is -0.497 e. The molecule has 0 aliphatic rings. The van der Waals surface area contributed by atoms with Gasteiger partial charge in [0.1, 0.15) is 11.5 Å². The van der Waals surface area contributed by atoms with Crippen LogP contribution in [0.25, 0.3) is 10.8 Å².